The molecule has 110 valence electrons. The molecule has 0 amide bonds. The van der Waals surface area contributed by atoms with E-state index in [4.69, 9.17) is 5.73 Å². The molecule has 22 heavy (non-hydrogen) atoms. The van der Waals surface area contributed by atoms with Crippen molar-refractivity contribution in [2.24, 2.45) is 5.73 Å². The molecule has 3 aromatic rings. The first kappa shape index (κ1) is 14.8. The largest absolute Gasteiger partial charge is 0.320 e. The SMILES string of the molecule is Cc1cc(Sc2ccccc2)ncc1C(N)c1ccccc1. The Kier molecular flexibility index (Phi) is 4.56. The molecule has 0 saturated carbocycles. The van der Waals surface area contributed by atoms with Crippen molar-refractivity contribution in [1.29, 1.82) is 0 Å². The Balaban J connectivity index is 1.83. The molecule has 2 nitrogen and oxygen atoms in total. The summed E-state index contributed by atoms with van der Waals surface area (Å²) in [6, 6.07) is 22.4. The summed E-state index contributed by atoms with van der Waals surface area (Å²) in [6.07, 6.45) is 1.90. The lowest BCUT2D eigenvalue weighted by atomic mass is 9.98. The summed E-state index contributed by atoms with van der Waals surface area (Å²) in [6.45, 7) is 2.09. The van der Waals surface area contributed by atoms with E-state index in [1.54, 1.807) is 11.8 Å². The summed E-state index contributed by atoms with van der Waals surface area (Å²) in [7, 11) is 0. The quantitative estimate of drug-likeness (QED) is 0.766. The van der Waals surface area contributed by atoms with Crippen molar-refractivity contribution >= 4 is 11.8 Å². The predicted octanol–water partition coefficient (Wildman–Crippen LogP) is 4.59. The first-order valence-electron chi connectivity index (χ1n) is 7.24. The lowest BCUT2D eigenvalue weighted by molar-refractivity contribution is 0.844. The molecule has 2 N–H and O–H groups in total. The monoisotopic (exact) mass is 306 g/mol. The summed E-state index contributed by atoms with van der Waals surface area (Å²) >= 11 is 1.67. The van der Waals surface area contributed by atoms with Gasteiger partial charge in [0.05, 0.1) is 6.04 Å². The molecule has 0 saturated heterocycles. The van der Waals surface area contributed by atoms with Gasteiger partial charge in [0, 0.05) is 11.1 Å². The number of rotatable bonds is 4. The van der Waals surface area contributed by atoms with Gasteiger partial charge < -0.3 is 5.73 Å². The normalized spacial score (nSPS) is 12.1. The minimum Gasteiger partial charge on any atom is -0.320 e. The molecule has 1 heterocycles. The van der Waals surface area contributed by atoms with Crippen molar-refractivity contribution in [2.45, 2.75) is 22.9 Å². The number of hydrogen-bond acceptors (Lipinski definition) is 3. The fraction of sp³-hybridized carbons (Fsp3) is 0.105. The van der Waals surface area contributed by atoms with E-state index in [1.165, 1.54) is 10.5 Å². The Morgan fingerprint density at radius 1 is 0.955 bits per heavy atom. The third kappa shape index (κ3) is 3.38. The average molecular weight is 306 g/mol. The summed E-state index contributed by atoms with van der Waals surface area (Å²) in [5.74, 6) is 0. The molecule has 0 radical (unpaired) electrons. The van der Waals surface area contributed by atoms with Gasteiger partial charge in [-0.25, -0.2) is 4.98 Å². The molecule has 0 bridgehead atoms. The molecule has 2 aromatic carbocycles. The van der Waals surface area contributed by atoms with Crippen molar-refractivity contribution < 1.29 is 0 Å². The minimum absolute atomic E-state index is 0.135. The summed E-state index contributed by atoms with van der Waals surface area (Å²) in [5.41, 5.74) is 9.72. The van der Waals surface area contributed by atoms with Crippen LogP contribution in [-0.4, -0.2) is 4.98 Å². The molecule has 0 aliphatic rings. The van der Waals surface area contributed by atoms with Gasteiger partial charge in [-0.3, -0.25) is 0 Å². The number of aromatic nitrogens is 1. The van der Waals surface area contributed by atoms with Gasteiger partial charge in [-0.1, -0.05) is 60.3 Å². The van der Waals surface area contributed by atoms with Crippen LogP contribution in [0.15, 0.2) is 82.8 Å². The van der Waals surface area contributed by atoms with Crippen LogP contribution in [0.1, 0.15) is 22.7 Å². The number of aryl methyl sites for hydroxylation is 1. The van der Waals surface area contributed by atoms with E-state index < -0.39 is 0 Å². The van der Waals surface area contributed by atoms with E-state index in [9.17, 15) is 0 Å². The van der Waals surface area contributed by atoms with Crippen molar-refractivity contribution in [3.8, 4) is 0 Å². The fourth-order valence-electron chi connectivity index (χ4n) is 2.37. The van der Waals surface area contributed by atoms with Crippen molar-refractivity contribution in [3.63, 3.8) is 0 Å². The predicted molar refractivity (Wildman–Crippen MR) is 92.0 cm³/mol. The zero-order chi connectivity index (χ0) is 15.4. The maximum atomic E-state index is 6.37. The lowest BCUT2D eigenvalue weighted by Gasteiger charge is -2.15. The van der Waals surface area contributed by atoms with E-state index in [0.717, 1.165) is 16.2 Å². The van der Waals surface area contributed by atoms with Crippen molar-refractivity contribution in [2.75, 3.05) is 0 Å². The lowest BCUT2D eigenvalue weighted by Crippen LogP contribution is -2.13. The topological polar surface area (TPSA) is 38.9 Å². The highest BCUT2D eigenvalue weighted by Crippen LogP contribution is 2.29. The van der Waals surface area contributed by atoms with Crippen LogP contribution in [0, 0.1) is 6.92 Å². The van der Waals surface area contributed by atoms with E-state index in [-0.39, 0.29) is 6.04 Å². The van der Waals surface area contributed by atoms with Crippen LogP contribution in [0.25, 0.3) is 0 Å². The molecule has 1 aromatic heterocycles. The molecular formula is C19H18N2S. The maximum Gasteiger partial charge on any atom is 0.101 e. The number of nitrogens with zero attached hydrogens (tertiary/aromatic N) is 1. The highest BCUT2D eigenvalue weighted by Gasteiger charge is 2.12. The number of hydrogen-bond donors (Lipinski definition) is 1. The van der Waals surface area contributed by atoms with Gasteiger partial charge in [0.25, 0.3) is 0 Å². The van der Waals surface area contributed by atoms with Crippen LogP contribution in [0.3, 0.4) is 0 Å². The Bertz CT molecular complexity index is 742. The Morgan fingerprint density at radius 2 is 1.59 bits per heavy atom. The van der Waals surface area contributed by atoms with Gasteiger partial charge in [0.2, 0.25) is 0 Å². The Labute approximate surface area is 135 Å². The van der Waals surface area contributed by atoms with Gasteiger partial charge in [-0.05, 0) is 41.8 Å². The molecule has 0 fully saturated rings. The zero-order valence-electron chi connectivity index (χ0n) is 12.4. The molecular weight excluding hydrogens is 288 g/mol. The van der Waals surface area contributed by atoms with E-state index in [0.29, 0.717) is 0 Å². The summed E-state index contributed by atoms with van der Waals surface area (Å²) in [4.78, 5) is 5.75. The second-order valence-electron chi connectivity index (χ2n) is 5.18. The van der Waals surface area contributed by atoms with Crippen LogP contribution < -0.4 is 5.73 Å². The fourth-order valence-corrected chi connectivity index (χ4v) is 3.25. The van der Waals surface area contributed by atoms with Crippen LogP contribution in [0.2, 0.25) is 0 Å². The third-order valence-corrected chi connectivity index (χ3v) is 4.53. The first-order chi connectivity index (χ1) is 10.7. The van der Waals surface area contributed by atoms with Gasteiger partial charge in [0.15, 0.2) is 0 Å². The number of nitrogens with two attached hydrogens (primary N) is 1. The molecule has 0 aliphatic heterocycles. The van der Waals surface area contributed by atoms with Crippen LogP contribution in [-0.2, 0) is 0 Å². The zero-order valence-corrected chi connectivity index (χ0v) is 13.3. The maximum absolute atomic E-state index is 6.37. The van der Waals surface area contributed by atoms with Crippen LogP contribution >= 0.6 is 11.8 Å². The van der Waals surface area contributed by atoms with Crippen LogP contribution in [0.5, 0.6) is 0 Å². The molecule has 1 atom stereocenters. The molecule has 3 heteroatoms. The number of benzene rings is 2. The van der Waals surface area contributed by atoms with E-state index in [2.05, 4.69) is 42.2 Å². The van der Waals surface area contributed by atoms with Crippen molar-refractivity contribution in [1.82, 2.24) is 4.98 Å². The van der Waals surface area contributed by atoms with Gasteiger partial charge in [0.1, 0.15) is 5.03 Å². The number of pyridine rings is 1. The standard InChI is InChI=1S/C19H18N2S/c1-14-12-18(22-16-10-6-3-7-11-16)21-13-17(14)19(20)15-8-4-2-5-9-15/h2-13,19H,20H2,1H3. The Hall–Kier alpha value is -2.10. The highest BCUT2D eigenvalue weighted by atomic mass is 32.2. The molecule has 3 rings (SSSR count). The minimum atomic E-state index is -0.135. The molecule has 0 spiro atoms. The Morgan fingerprint density at radius 3 is 2.23 bits per heavy atom. The van der Waals surface area contributed by atoms with E-state index >= 15 is 0 Å². The van der Waals surface area contributed by atoms with E-state index in [1.807, 2.05) is 42.6 Å². The smallest absolute Gasteiger partial charge is 0.101 e. The van der Waals surface area contributed by atoms with Gasteiger partial charge in [-0.2, -0.15) is 0 Å². The first-order valence-corrected chi connectivity index (χ1v) is 8.05. The van der Waals surface area contributed by atoms with Crippen molar-refractivity contribution in [3.05, 3.63) is 89.6 Å². The van der Waals surface area contributed by atoms with Crippen LogP contribution in [0.4, 0.5) is 0 Å². The third-order valence-electron chi connectivity index (χ3n) is 3.59. The summed E-state index contributed by atoms with van der Waals surface area (Å²) in [5, 5.41) is 0.993. The second-order valence-corrected chi connectivity index (χ2v) is 6.28. The second kappa shape index (κ2) is 6.77. The molecule has 1 unspecified atom stereocenters. The average Bonchev–Trinajstić information content (AvgIpc) is 2.56. The van der Waals surface area contributed by atoms with Gasteiger partial charge in [-0.15, -0.1) is 0 Å². The summed E-state index contributed by atoms with van der Waals surface area (Å²) < 4.78 is 0. The van der Waals surface area contributed by atoms with Gasteiger partial charge >= 0.3 is 0 Å². The molecule has 0 aliphatic carbocycles. The highest BCUT2D eigenvalue weighted by molar-refractivity contribution is 7.99.